The van der Waals surface area contributed by atoms with Gasteiger partial charge < -0.3 is 9.13 Å². The van der Waals surface area contributed by atoms with Crippen molar-refractivity contribution in [1.82, 2.24) is 9.13 Å². The second kappa shape index (κ2) is 11.5. The van der Waals surface area contributed by atoms with Crippen LogP contribution in [0.5, 0.6) is 0 Å². The van der Waals surface area contributed by atoms with Crippen molar-refractivity contribution < 1.29 is 0 Å². The third kappa shape index (κ3) is 4.39. The Morgan fingerprint density at radius 2 is 1.00 bits per heavy atom. The molecule has 0 N–H and O–H groups in total. The quantitative estimate of drug-likeness (QED) is 0.181. The lowest BCUT2D eigenvalue weighted by molar-refractivity contribution is 1.18. The van der Waals surface area contributed by atoms with Gasteiger partial charge in [-0.3, -0.25) is 0 Å². The molecule has 0 aliphatic heterocycles. The van der Waals surface area contributed by atoms with Crippen molar-refractivity contribution in [3.05, 3.63) is 181 Å². The molecule has 3 nitrogen and oxygen atoms in total. The van der Waals surface area contributed by atoms with Gasteiger partial charge in [0.05, 0.1) is 39.4 Å². The van der Waals surface area contributed by atoms with Gasteiger partial charge >= 0.3 is 0 Å². The molecule has 0 spiro atoms. The number of thiophene rings is 1. The van der Waals surface area contributed by atoms with Crippen molar-refractivity contribution in [3.8, 4) is 39.7 Å². The summed E-state index contributed by atoms with van der Waals surface area (Å²) in [5.74, 6) is 0. The Hall–Kier alpha value is -6.93. The number of benzene rings is 8. The SMILES string of the molecule is N#Cc1cccc(-n2c3ccccc3c3cc(-c4ccc5c(c4)c4ccccc4n5-c4ccccc4)ccc32)c1-c1cccc2c1sc1ccccc12. The molecule has 0 bridgehead atoms. The molecule has 0 aliphatic rings. The highest BCUT2D eigenvalue weighted by Gasteiger charge is 2.21. The predicted molar refractivity (Wildman–Crippen MR) is 224 cm³/mol. The van der Waals surface area contributed by atoms with E-state index in [0.29, 0.717) is 5.56 Å². The average Bonchev–Trinajstić information content (AvgIpc) is 3.88. The monoisotopic (exact) mass is 691 g/mol. The molecule has 0 aliphatic carbocycles. The van der Waals surface area contributed by atoms with Crippen LogP contribution < -0.4 is 0 Å². The first-order valence-corrected chi connectivity index (χ1v) is 18.6. The van der Waals surface area contributed by atoms with Crippen molar-refractivity contribution in [1.29, 1.82) is 5.26 Å². The number of para-hydroxylation sites is 3. The van der Waals surface area contributed by atoms with Gasteiger partial charge in [-0.15, -0.1) is 11.3 Å². The minimum absolute atomic E-state index is 0.665. The summed E-state index contributed by atoms with van der Waals surface area (Å²) < 4.78 is 7.16. The molecule has 246 valence electrons. The lowest BCUT2D eigenvalue weighted by atomic mass is 9.96. The first-order chi connectivity index (χ1) is 26.3. The van der Waals surface area contributed by atoms with Gasteiger partial charge in [-0.2, -0.15) is 5.26 Å². The lowest BCUT2D eigenvalue weighted by Gasteiger charge is -2.16. The van der Waals surface area contributed by atoms with Crippen LogP contribution in [-0.2, 0) is 0 Å². The molecule has 0 fully saturated rings. The number of hydrogen-bond donors (Lipinski definition) is 0. The third-order valence-corrected chi connectivity index (χ3v) is 12.0. The Kier molecular flexibility index (Phi) is 6.48. The van der Waals surface area contributed by atoms with E-state index < -0.39 is 0 Å². The molecule has 11 rings (SSSR count). The fourth-order valence-corrected chi connectivity index (χ4v) is 9.69. The van der Waals surface area contributed by atoms with Gasteiger partial charge in [0, 0.05) is 58.5 Å². The Morgan fingerprint density at radius 3 is 1.72 bits per heavy atom. The maximum Gasteiger partial charge on any atom is 0.0998 e. The zero-order valence-corrected chi connectivity index (χ0v) is 29.3. The molecule has 8 aromatic carbocycles. The van der Waals surface area contributed by atoms with Crippen molar-refractivity contribution >= 4 is 75.1 Å². The second-order valence-electron chi connectivity index (χ2n) is 13.6. The molecule has 3 heterocycles. The van der Waals surface area contributed by atoms with Crippen molar-refractivity contribution in [2.24, 2.45) is 0 Å². The molecule has 0 saturated carbocycles. The standard InChI is InChI=1S/C49H29N3S/c50-30-33-12-10-22-46(48(33)39-19-11-18-38-37-17-6-9-23-47(37)53-49(38)39)52-43-21-8-5-16-36(43)41-29-32(25-27-45(41)52)31-24-26-44-40(28-31)35-15-4-7-20-42(35)51(44)34-13-2-1-3-14-34/h1-29H. The van der Waals surface area contributed by atoms with E-state index in [-0.39, 0.29) is 0 Å². The van der Waals surface area contributed by atoms with Gasteiger partial charge in [0.1, 0.15) is 0 Å². The average molecular weight is 692 g/mol. The van der Waals surface area contributed by atoms with Crippen molar-refractivity contribution in [3.63, 3.8) is 0 Å². The Bertz CT molecular complexity index is 3300. The molecule has 0 unspecified atom stereocenters. The summed E-state index contributed by atoms with van der Waals surface area (Å²) in [5, 5.41) is 17.9. The van der Waals surface area contributed by atoms with Crippen LogP contribution in [0.2, 0.25) is 0 Å². The smallest absolute Gasteiger partial charge is 0.0998 e. The molecular weight excluding hydrogens is 663 g/mol. The van der Waals surface area contributed by atoms with E-state index in [1.165, 1.54) is 63.9 Å². The molecule has 0 saturated heterocycles. The van der Waals surface area contributed by atoms with Crippen LogP contribution >= 0.6 is 11.3 Å². The van der Waals surface area contributed by atoms with Gasteiger partial charge in [-0.25, -0.2) is 0 Å². The largest absolute Gasteiger partial charge is 0.309 e. The summed E-state index contributed by atoms with van der Waals surface area (Å²) in [6.45, 7) is 0. The van der Waals surface area contributed by atoms with Crippen molar-refractivity contribution in [2.45, 2.75) is 0 Å². The Balaban J connectivity index is 1.14. The van der Waals surface area contributed by atoms with Crippen LogP contribution in [0.1, 0.15) is 5.56 Å². The second-order valence-corrected chi connectivity index (χ2v) is 14.6. The fraction of sp³-hybridized carbons (Fsp3) is 0. The summed E-state index contributed by atoms with van der Waals surface area (Å²) in [7, 11) is 0. The number of nitrogens with zero attached hydrogens (tertiary/aromatic N) is 3. The summed E-state index contributed by atoms with van der Waals surface area (Å²) in [6.07, 6.45) is 0. The molecule has 11 aromatic rings. The van der Waals surface area contributed by atoms with Gasteiger partial charge in [-0.1, -0.05) is 109 Å². The van der Waals surface area contributed by atoms with Crippen LogP contribution in [0.3, 0.4) is 0 Å². The van der Waals surface area contributed by atoms with E-state index in [2.05, 4.69) is 179 Å². The molecule has 53 heavy (non-hydrogen) atoms. The van der Waals surface area contributed by atoms with Gasteiger partial charge in [0.15, 0.2) is 0 Å². The molecule has 4 heteroatoms. The van der Waals surface area contributed by atoms with Gasteiger partial charge in [0.25, 0.3) is 0 Å². The number of fused-ring (bicyclic) bond motifs is 9. The number of rotatable bonds is 4. The summed E-state index contributed by atoms with van der Waals surface area (Å²) in [6, 6.07) is 65.4. The molecule has 0 amide bonds. The van der Waals surface area contributed by atoms with Crippen molar-refractivity contribution in [2.75, 3.05) is 0 Å². The van der Waals surface area contributed by atoms with Crippen LogP contribution in [0.25, 0.3) is 97.4 Å². The van der Waals surface area contributed by atoms with Crippen LogP contribution in [0.15, 0.2) is 176 Å². The van der Waals surface area contributed by atoms with E-state index in [1.54, 1.807) is 11.3 Å². The first kappa shape index (κ1) is 29.8. The maximum atomic E-state index is 10.6. The first-order valence-electron chi connectivity index (χ1n) is 17.8. The van der Waals surface area contributed by atoms with Crippen LogP contribution in [0.4, 0.5) is 0 Å². The zero-order chi connectivity index (χ0) is 35.0. The van der Waals surface area contributed by atoms with E-state index in [9.17, 15) is 5.26 Å². The number of aromatic nitrogens is 2. The maximum absolute atomic E-state index is 10.6. The fourth-order valence-electron chi connectivity index (χ4n) is 8.47. The third-order valence-electron chi connectivity index (χ3n) is 10.8. The molecule has 0 radical (unpaired) electrons. The van der Waals surface area contributed by atoms with Crippen LogP contribution in [-0.4, -0.2) is 9.13 Å². The minimum atomic E-state index is 0.665. The van der Waals surface area contributed by atoms with Gasteiger partial charge in [0.2, 0.25) is 0 Å². The normalized spacial score (nSPS) is 11.8. The zero-order valence-electron chi connectivity index (χ0n) is 28.5. The number of hydrogen-bond acceptors (Lipinski definition) is 2. The highest BCUT2D eigenvalue weighted by molar-refractivity contribution is 7.26. The number of nitriles is 1. The minimum Gasteiger partial charge on any atom is -0.309 e. The predicted octanol–water partition coefficient (Wildman–Crippen LogP) is 13.5. The summed E-state index contributed by atoms with van der Waals surface area (Å²) >= 11 is 1.80. The van der Waals surface area contributed by atoms with Gasteiger partial charge in [-0.05, 0) is 77.9 Å². The highest BCUT2D eigenvalue weighted by atomic mass is 32.1. The summed E-state index contributed by atoms with van der Waals surface area (Å²) in [4.78, 5) is 0. The van der Waals surface area contributed by atoms with E-state index in [4.69, 9.17) is 0 Å². The molecule has 3 aromatic heterocycles. The molecular formula is C49H29N3S. The lowest BCUT2D eigenvalue weighted by Crippen LogP contribution is -1.99. The Labute approximate surface area is 309 Å². The molecule has 0 atom stereocenters. The Morgan fingerprint density at radius 1 is 0.434 bits per heavy atom. The summed E-state index contributed by atoms with van der Waals surface area (Å²) in [5.41, 5.74) is 11.8. The van der Waals surface area contributed by atoms with E-state index >= 15 is 0 Å². The highest BCUT2D eigenvalue weighted by Crippen LogP contribution is 2.45. The van der Waals surface area contributed by atoms with Crippen LogP contribution in [0, 0.1) is 11.3 Å². The van der Waals surface area contributed by atoms with E-state index in [1.807, 2.05) is 12.1 Å². The van der Waals surface area contributed by atoms with E-state index in [0.717, 1.165) is 33.5 Å². The topological polar surface area (TPSA) is 33.6 Å².